The van der Waals surface area contributed by atoms with Gasteiger partial charge in [0.15, 0.2) is 0 Å². The van der Waals surface area contributed by atoms with E-state index < -0.39 is 0 Å². The third-order valence-electron chi connectivity index (χ3n) is 3.55. The third-order valence-corrected chi connectivity index (χ3v) is 3.80. The van der Waals surface area contributed by atoms with Gasteiger partial charge >= 0.3 is 0 Å². The van der Waals surface area contributed by atoms with Crippen molar-refractivity contribution in [3.05, 3.63) is 64.9 Å². The Morgan fingerprint density at radius 3 is 2.76 bits per heavy atom. The van der Waals surface area contributed by atoms with Crippen molar-refractivity contribution in [3.8, 4) is 0 Å². The second kappa shape index (κ2) is 6.29. The predicted molar refractivity (Wildman–Crippen MR) is 87.7 cm³/mol. The van der Waals surface area contributed by atoms with Crippen molar-refractivity contribution < 1.29 is 0 Å². The molecule has 0 aliphatic carbocycles. The van der Waals surface area contributed by atoms with Gasteiger partial charge in [-0.05, 0) is 41.9 Å². The van der Waals surface area contributed by atoms with Crippen molar-refractivity contribution in [1.82, 2.24) is 14.9 Å². The van der Waals surface area contributed by atoms with Crippen molar-refractivity contribution in [2.45, 2.75) is 20.0 Å². The van der Waals surface area contributed by atoms with Crippen molar-refractivity contribution in [3.63, 3.8) is 0 Å². The topological polar surface area (TPSA) is 29.9 Å². The fourth-order valence-corrected chi connectivity index (χ4v) is 2.63. The van der Waals surface area contributed by atoms with Crippen LogP contribution in [0.5, 0.6) is 0 Å². The Labute approximate surface area is 129 Å². The summed E-state index contributed by atoms with van der Waals surface area (Å²) in [4.78, 5) is 4.53. The predicted octanol–water partition coefficient (Wildman–Crippen LogP) is 3.85. The zero-order chi connectivity index (χ0) is 14.7. The highest BCUT2D eigenvalue weighted by Gasteiger charge is 2.09. The number of halogens is 1. The van der Waals surface area contributed by atoms with Gasteiger partial charge in [-0.1, -0.05) is 30.7 Å². The smallest absolute Gasteiger partial charge is 0.140 e. The number of aromatic nitrogens is 2. The second-order valence-corrected chi connectivity index (χ2v) is 5.50. The molecule has 0 aliphatic heterocycles. The maximum absolute atomic E-state index is 5.94. The maximum atomic E-state index is 5.94. The Hall–Kier alpha value is -1.84. The Bertz CT molecular complexity index is 731. The number of nitrogens with one attached hydrogen (secondary N) is 1. The van der Waals surface area contributed by atoms with Crippen molar-refractivity contribution >= 4 is 22.6 Å². The van der Waals surface area contributed by atoms with Crippen LogP contribution in [-0.4, -0.2) is 16.1 Å². The van der Waals surface area contributed by atoms with Gasteiger partial charge in [-0.25, -0.2) is 4.98 Å². The van der Waals surface area contributed by atoms with Crippen LogP contribution in [-0.2, 0) is 13.1 Å². The number of fused-ring (bicyclic) bond motifs is 1. The first-order valence-corrected chi connectivity index (χ1v) is 7.53. The lowest BCUT2D eigenvalue weighted by molar-refractivity contribution is 0.724. The van der Waals surface area contributed by atoms with E-state index in [1.54, 1.807) is 0 Å². The van der Waals surface area contributed by atoms with E-state index in [0.717, 1.165) is 30.3 Å². The fraction of sp³-hybridized carbons (Fsp3) is 0.235. The first-order chi connectivity index (χ1) is 10.3. The normalized spacial score (nSPS) is 11.1. The molecule has 0 fully saturated rings. The van der Waals surface area contributed by atoms with Crippen molar-refractivity contribution in [1.29, 1.82) is 0 Å². The summed E-state index contributed by atoms with van der Waals surface area (Å²) < 4.78 is 2.20. The van der Waals surface area contributed by atoms with Crippen molar-refractivity contribution in [2.24, 2.45) is 0 Å². The van der Waals surface area contributed by atoms with Crippen LogP contribution in [0.4, 0.5) is 0 Å². The molecule has 3 nitrogen and oxygen atoms in total. The highest BCUT2D eigenvalue weighted by atomic mass is 35.5. The minimum absolute atomic E-state index is 0.766. The van der Waals surface area contributed by atoms with E-state index in [0.29, 0.717) is 0 Å². The monoisotopic (exact) mass is 299 g/mol. The molecule has 0 spiro atoms. The molecule has 2 heterocycles. The van der Waals surface area contributed by atoms with E-state index in [9.17, 15) is 0 Å². The van der Waals surface area contributed by atoms with E-state index >= 15 is 0 Å². The van der Waals surface area contributed by atoms with Crippen LogP contribution in [0, 0.1) is 0 Å². The number of benzene rings is 1. The summed E-state index contributed by atoms with van der Waals surface area (Å²) in [5.74, 6) is 0. The van der Waals surface area contributed by atoms with E-state index in [-0.39, 0.29) is 0 Å². The van der Waals surface area contributed by atoms with E-state index in [1.165, 1.54) is 16.5 Å². The lowest BCUT2D eigenvalue weighted by Gasteiger charge is -2.04. The third kappa shape index (κ3) is 3.09. The molecule has 2 aromatic heterocycles. The number of rotatable bonds is 5. The molecule has 0 saturated carbocycles. The van der Waals surface area contributed by atoms with Gasteiger partial charge in [0.25, 0.3) is 0 Å². The minimum atomic E-state index is 0.766. The van der Waals surface area contributed by atoms with Crippen LogP contribution in [0.25, 0.3) is 11.0 Å². The van der Waals surface area contributed by atoms with Crippen molar-refractivity contribution in [2.75, 3.05) is 6.54 Å². The summed E-state index contributed by atoms with van der Waals surface area (Å²) in [5.41, 5.74) is 3.53. The first kappa shape index (κ1) is 14.1. The summed E-state index contributed by atoms with van der Waals surface area (Å²) in [7, 11) is 0. The fourth-order valence-electron chi connectivity index (χ4n) is 2.50. The summed E-state index contributed by atoms with van der Waals surface area (Å²) in [6.45, 7) is 4.75. The molecular formula is C17H18ClN3. The summed E-state index contributed by atoms with van der Waals surface area (Å²) in [5, 5.41) is 5.36. The number of pyridine rings is 1. The lowest BCUT2D eigenvalue weighted by Crippen LogP contribution is -2.11. The van der Waals surface area contributed by atoms with Gasteiger partial charge in [-0.2, -0.15) is 0 Å². The Kier molecular flexibility index (Phi) is 4.23. The van der Waals surface area contributed by atoms with E-state index in [2.05, 4.69) is 46.2 Å². The summed E-state index contributed by atoms with van der Waals surface area (Å²) in [6, 6.07) is 12.1. The molecule has 1 aromatic carbocycles. The Morgan fingerprint density at radius 2 is 2.00 bits per heavy atom. The molecule has 0 atom stereocenters. The number of nitrogens with zero attached hydrogens (tertiary/aromatic N) is 2. The molecule has 108 valence electrons. The second-order valence-electron chi connectivity index (χ2n) is 5.06. The highest BCUT2D eigenvalue weighted by Crippen LogP contribution is 2.21. The van der Waals surface area contributed by atoms with Gasteiger partial charge in [0.05, 0.1) is 0 Å². The van der Waals surface area contributed by atoms with Crippen LogP contribution in [0.2, 0.25) is 5.02 Å². The molecule has 1 N–H and O–H groups in total. The Morgan fingerprint density at radius 1 is 1.19 bits per heavy atom. The van der Waals surface area contributed by atoms with Gasteiger partial charge in [-0.15, -0.1) is 0 Å². The standard InChI is InChI=1S/C17H18ClN3/c1-2-19-10-14-12-21(17-16(14)4-3-9-20-17)11-13-5-7-15(18)8-6-13/h3-9,12,19H,2,10-11H2,1H3. The van der Waals surface area contributed by atoms with Gasteiger partial charge in [0.1, 0.15) is 5.65 Å². The number of hydrogen-bond donors (Lipinski definition) is 1. The average molecular weight is 300 g/mol. The lowest BCUT2D eigenvalue weighted by atomic mass is 10.2. The van der Waals surface area contributed by atoms with Crippen LogP contribution in [0.15, 0.2) is 48.8 Å². The van der Waals surface area contributed by atoms with Gasteiger partial charge < -0.3 is 9.88 Å². The molecule has 0 bridgehead atoms. The largest absolute Gasteiger partial charge is 0.328 e. The SMILES string of the molecule is CCNCc1cn(Cc2ccc(Cl)cc2)c2ncccc12. The Balaban J connectivity index is 1.96. The molecule has 3 rings (SSSR count). The number of hydrogen-bond acceptors (Lipinski definition) is 2. The zero-order valence-electron chi connectivity index (χ0n) is 12.0. The molecule has 0 aliphatic rings. The molecule has 0 amide bonds. The molecule has 21 heavy (non-hydrogen) atoms. The van der Waals surface area contributed by atoms with E-state index in [1.807, 2.05) is 24.4 Å². The average Bonchev–Trinajstić information content (AvgIpc) is 2.86. The van der Waals surface area contributed by atoms with Crippen LogP contribution < -0.4 is 5.32 Å². The molecule has 0 unspecified atom stereocenters. The maximum Gasteiger partial charge on any atom is 0.140 e. The van der Waals surface area contributed by atoms with Crippen LogP contribution in [0.1, 0.15) is 18.1 Å². The molecular weight excluding hydrogens is 282 g/mol. The van der Waals surface area contributed by atoms with Crippen LogP contribution in [0.3, 0.4) is 0 Å². The zero-order valence-corrected chi connectivity index (χ0v) is 12.8. The molecule has 4 heteroatoms. The highest BCUT2D eigenvalue weighted by molar-refractivity contribution is 6.30. The summed E-state index contributed by atoms with van der Waals surface area (Å²) in [6.07, 6.45) is 4.03. The van der Waals surface area contributed by atoms with Gasteiger partial charge in [-0.3, -0.25) is 0 Å². The van der Waals surface area contributed by atoms with Gasteiger partial charge in [0, 0.05) is 35.9 Å². The molecule has 0 saturated heterocycles. The molecule has 3 aromatic rings. The minimum Gasteiger partial charge on any atom is -0.328 e. The quantitative estimate of drug-likeness (QED) is 0.775. The summed E-state index contributed by atoms with van der Waals surface area (Å²) >= 11 is 5.94. The van der Waals surface area contributed by atoms with Gasteiger partial charge in [0.2, 0.25) is 0 Å². The van der Waals surface area contributed by atoms with E-state index in [4.69, 9.17) is 11.6 Å². The first-order valence-electron chi connectivity index (χ1n) is 7.16. The van der Waals surface area contributed by atoms with Crippen LogP contribution >= 0.6 is 11.6 Å². The molecule has 0 radical (unpaired) electrons.